The Hall–Kier alpha value is -2.40. The van der Waals surface area contributed by atoms with Gasteiger partial charge in [0, 0.05) is 23.1 Å². The fraction of sp³-hybridized carbons (Fsp3) is 0.125. The predicted molar refractivity (Wildman–Crippen MR) is 86.6 cm³/mol. The van der Waals surface area contributed by atoms with Crippen LogP contribution in [0.2, 0.25) is 0 Å². The van der Waals surface area contributed by atoms with Crippen molar-refractivity contribution < 1.29 is 15.3 Å². The van der Waals surface area contributed by atoms with E-state index in [1.165, 1.54) is 18.3 Å². The molecule has 0 bridgehead atoms. The molecule has 0 aliphatic heterocycles. The third kappa shape index (κ3) is 4.03. The van der Waals surface area contributed by atoms with Crippen LogP contribution in [-0.4, -0.2) is 32.9 Å². The Morgan fingerprint density at radius 3 is 2.43 bits per heavy atom. The van der Waals surface area contributed by atoms with Gasteiger partial charge in [0.15, 0.2) is 11.5 Å². The lowest BCUT2D eigenvalue weighted by Crippen LogP contribution is -2.04. The van der Waals surface area contributed by atoms with E-state index in [-0.39, 0.29) is 5.75 Å². The summed E-state index contributed by atoms with van der Waals surface area (Å²) in [5, 5.41) is 28.3. The summed E-state index contributed by atoms with van der Waals surface area (Å²) in [5.41, 5.74) is 1.45. The van der Waals surface area contributed by atoms with Crippen molar-refractivity contribution >= 4 is 23.3 Å². The van der Waals surface area contributed by atoms with Crippen LogP contribution >= 0.6 is 12.2 Å². The van der Waals surface area contributed by atoms with Gasteiger partial charge in [-0.15, -0.1) is 0 Å². The van der Waals surface area contributed by atoms with Crippen LogP contribution in [0.25, 0.3) is 0 Å². The van der Waals surface area contributed by atoms with Crippen LogP contribution in [0.5, 0.6) is 17.2 Å². The van der Waals surface area contributed by atoms with E-state index in [4.69, 9.17) is 12.2 Å². The van der Waals surface area contributed by atoms with E-state index in [9.17, 15) is 15.3 Å². The molecule has 0 aliphatic carbocycles. The SMILES string of the molecule is Oc1ccc(C=NCC(=S)Cc2ccccc2)c(O)c1O. The van der Waals surface area contributed by atoms with Crippen LogP contribution in [0.15, 0.2) is 47.5 Å². The lowest BCUT2D eigenvalue weighted by atomic mass is 10.1. The van der Waals surface area contributed by atoms with Crippen molar-refractivity contribution in [2.24, 2.45) is 4.99 Å². The summed E-state index contributed by atoms with van der Waals surface area (Å²) in [7, 11) is 0. The normalized spacial score (nSPS) is 10.9. The van der Waals surface area contributed by atoms with Gasteiger partial charge in [-0.3, -0.25) is 4.99 Å². The van der Waals surface area contributed by atoms with Gasteiger partial charge in [0.2, 0.25) is 5.75 Å². The molecule has 4 nitrogen and oxygen atoms in total. The summed E-state index contributed by atoms with van der Waals surface area (Å²) in [6.45, 7) is 0.352. The van der Waals surface area contributed by atoms with Crippen LogP contribution in [-0.2, 0) is 6.42 Å². The Morgan fingerprint density at radius 2 is 1.71 bits per heavy atom. The van der Waals surface area contributed by atoms with Crippen molar-refractivity contribution in [2.45, 2.75) is 6.42 Å². The maximum absolute atomic E-state index is 9.64. The van der Waals surface area contributed by atoms with Crippen LogP contribution in [0.3, 0.4) is 0 Å². The molecule has 3 N–H and O–H groups in total. The summed E-state index contributed by atoms with van der Waals surface area (Å²) in [6.07, 6.45) is 2.09. The van der Waals surface area contributed by atoms with Gasteiger partial charge in [0.1, 0.15) is 0 Å². The highest BCUT2D eigenvalue weighted by molar-refractivity contribution is 7.80. The molecule has 21 heavy (non-hydrogen) atoms. The molecule has 0 amide bonds. The first-order valence-electron chi connectivity index (χ1n) is 6.37. The van der Waals surface area contributed by atoms with Gasteiger partial charge in [0.05, 0.1) is 6.54 Å². The molecule has 0 saturated carbocycles. The van der Waals surface area contributed by atoms with Gasteiger partial charge < -0.3 is 15.3 Å². The third-order valence-corrected chi connectivity index (χ3v) is 3.18. The molecule has 2 aromatic rings. The fourth-order valence-electron chi connectivity index (χ4n) is 1.81. The van der Waals surface area contributed by atoms with E-state index < -0.39 is 11.5 Å². The van der Waals surface area contributed by atoms with Crippen molar-refractivity contribution in [1.29, 1.82) is 0 Å². The molecular weight excluding hydrogens is 286 g/mol. The highest BCUT2D eigenvalue weighted by atomic mass is 32.1. The zero-order chi connectivity index (χ0) is 15.2. The number of phenolic OH excluding ortho intramolecular Hbond substituents is 3. The Kier molecular flexibility index (Phi) is 4.90. The molecule has 0 atom stereocenters. The molecule has 0 heterocycles. The third-order valence-electron chi connectivity index (χ3n) is 2.90. The standard InChI is InChI=1S/C16H15NO3S/c18-14-7-6-12(15(19)16(14)20)9-17-10-13(21)8-11-4-2-1-3-5-11/h1-7,9,18-20H,8,10H2. The molecule has 0 aliphatic rings. The Balaban J connectivity index is 1.97. The number of phenols is 3. The molecular formula is C16H15NO3S. The molecule has 108 valence electrons. The van der Waals surface area contributed by atoms with Crippen molar-refractivity contribution in [2.75, 3.05) is 6.54 Å². The molecule has 0 aromatic heterocycles. The molecule has 2 aromatic carbocycles. The van der Waals surface area contributed by atoms with E-state index in [1.807, 2.05) is 30.3 Å². The highest BCUT2D eigenvalue weighted by Gasteiger charge is 2.09. The molecule has 0 fully saturated rings. The van der Waals surface area contributed by atoms with Gasteiger partial charge in [-0.05, 0) is 17.7 Å². The average Bonchev–Trinajstić information content (AvgIpc) is 2.48. The first-order valence-corrected chi connectivity index (χ1v) is 6.78. The lowest BCUT2D eigenvalue weighted by molar-refractivity contribution is 0.367. The molecule has 0 spiro atoms. The lowest BCUT2D eigenvalue weighted by Gasteiger charge is -2.04. The van der Waals surface area contributed by atoms with E-state index >= 15 is 0 Å². The smallest absolute Gasteiger partial charge is 0.200 e. The van der Waals surface area contributed by atoms with Crippen molar-refractivity contribution in [3.8, 4) is 17.2 Å². The second kappa shape index (κ2) is 6.85. The zero-order valence-corrected chi connectivity index (χ0v) is 12.0. The average molecular weight is 301 g/mol. The summed E-state index contributed by atoms with van der Waals surface area (Å²) in [4.78, 5) is 4.93. The minimum Gasteiger partial charge on any atom is -0.504 e. The van der Waals surface area contributed by atoms with Crippen LogP contribution in [0.1, 0.15) is 11.1 Å². The van der Waals surface area contributed by atoms with Crippen molar-refractivity contribution in [3.63, 3.8) is 0 Å². The Bertz CT molecular complexity index is 669. The summed E-state index contributed by atoms with van der Waals surface area (Å²) < 4.78 is 0. The first-order chi connectivity index (χ1) is 10.1. The molecule has 0 unspecified atom stereocenters. The number of hydrogen-bond donors (Lipinski definition) is 3. The molecule has 0 saturated heterocycles. The largest absolute Gasteiger partial charge is 0.504 e. The number of rotatable bonds is 5. The van der Waals surface area contributed by atoms with Gasteiger partial charge in [-0.25, -0.2) is 0 Å². The van der Waals surface area contributed by atoms with Crippen molar-refractivity contribution in [3.05, 3.63) is 53.6 Å². The van der Waals surface area contributed by atoms with Gasteiger partial charge in [0.25, 0.3) is 0 Å². The second-order valence-corrected chi connectivity index (χ2v) is 5.12. The van der Waals surface area contributed by atoms with Gasteiger partial charge in [-0.2, -0.15) is 0 Å². The van der Waals surface area contributed by atoms with E-state index in [0.29, 0.717) is 18.5 Å². The van der Waals surface area contributed by atoms with E-state index in [1.54, 1.807) is 0 Å². The quantitative estimate of drug-likeness (QED) is 0.451. The first kappa shape index (κ1) is 15.0. The maximum Gasteiger partial charge on any atom is 0.200 e. The van der Waals surface area contributed by atoms with Crippen LogP contribution in [0.4, 0.5) is 0 Å². The zero-order valence-electron chi connectivity index (χ0n) is 11.2. The molecule has 0 radical (unpaired) electrons. The Morgan fingerprint density at radius 1 is 1.00 bits per heavy atom. The fourth-order valence-corrected chi connectivity index (χ4v) is 2.06. The Labute approximate surface area is 128 Å². The summed E-state index contributed by atoms with van der Waals surface area (Å²) in [6, 6.07) is 12.6. The second-order valence-electron chi connectivity index (χ2n) is 4.54. The van der Waals surface area contributed by atoms with Crippen LogP contribution in [0, 0.1) is 0 Å². The maximum atomic E-state index is 9.64. The number of benzene rings is 2. The van der Waals surface area contributed by atoms with Crippen LogP contribution < -0.4 is 0 Å². The van der Waals surface area contributed by atoms with Gasteiger partial charge in [-0.1, -0.05) is 42.5 Å². The highest BCUT2D eigenvalue weighted by Crippen LogP contribution is 2.36. The monoisotopic (exact) mass is 301 g/mol. The van der Waals surface area contributed by atoms with E-state index in [0.717, 1.165) is 10.4 Å². The molecule has 2 rings (SSSR count). The minimum atomic E-state index is -0.550. The summed E-state index contributed by atoms with van der Waals surface area (Å²) >= 11 is 5.27. The summed E-state index contributed by atoms with van der Waals surface area (Å²) in [5.74, 6) is -1.32. The van der Waals surface area contributed by atoms with Crippen molar-refractivity contribution in [1.82, 2.24) is 0 Å². The number of thiocarbonyl (C=S) groups is 1. The van der Waals surface area contributed by atoms with E-state index in [2.05, 4.69) is 4.99 Å². The molecule has 5 heteroatoms. The topological polar surface area (TPSA) is 73.1 Å². The number of aromatic hydroxyl groups is 3. The predicted octanol–water partition coefficient (Wildman–Crippen LogP) is 2.83. The number of nitrogens with zero attached hydrogens (tertiary/aromatic N) is 1. The number of hydrogen-bond acceptors (Lipinski definition) is 5. The number of aliphatic imine (C=N–C) groups is 1. The van der Waals surface area contributed by atoms with Gasteiger partial charge >= 0.3 is 0 Å². The minimum absolute atomic E-state index is 0.327.